The lowest BCUT2D eigenvalue weighted by molar-refractivity contribution is 0.703. The minimum Gasteiger partial charge on any atom is -0.324 e. The maximum atomic E-state index is 6.23. The second-order valence-electron chi connectivity index (χ2n) is 4.16. The molecular formula is C14H15BrN2. The molecule has 1 aromatic heterocycles. The SMILES string of the molecule is Cc1ccc(Br)c(C(N)Cc2ccccn2)c1. The van der Waals surface area contributed by atoms with E-state index in [1.807, 2.05) is 24.3 Å². The molecule has 17 heavy (non-hydrogen) atoms. The van der Waals surface area contributed by atoms with E-state index in [4.69, 9.17) is 5.73 Å². The minimum atomic E-state index is -0.0285. The molecule has 0 saturated carbocycles. The smallest absolute Gasteiger partial charge is 0.0422 e. The third-order valence-electron chi connectivity index (χ3n) is 2.71. The van der Waals surface area contributed by atoms with E-state index in [0.29, 0.717) is 0 Å². The van der Waals surface area contributed by atoms with Crippen molar-refractivity contribution >= 4 is 15.9 Å². The van der Waals surface area contributed by atoms with E-state index in [2.05, 4.69) is 40.0 Å². The first-order chi connectivity index (χ1) is 8.16. The molecule has 0 fully saturated rings. The van der Waals surface area contributed by atoms with Gasteiger partial charge in [0.15, 0.2) is 0 Å². The Kier molecular flexibility index (Phi) is 3.92. The highest BCUT2D eigenvalue weighted by atomic mass is 79.9. The van der Waals surface area contributed by atoms with Crippen LogP contribution >= 0.6 is 15.9 Å². The summed E-state index contributed by atoms with van der Waals surface area (Å²) >= 11 is 3.54. The van der Waals surface area contributed by atoms with E-state index in [1.54, 1.807) is 6.20 Å². The maximum absolute atomic E-state index is 6.23. The van der Waals surface area contributed by atoms with Crippen LogP contribution in [-0.2, 0) is 6.42 Å². The predicted molar refractivity (Wildman–Crippen MR) is 73.7 cm³/mol. The molecule has 0 aliphatic heterocycles. The van der Waals surface area contributed by atoms with Crippen molar-refractivity contribution in [1.82, 2.24) is 4.98 Å². The highest BCUT2D eigenvalue weighted by Gasteiger charge is 2.11. The van der Waals surface area contributed by atoms with E-state index in [1.165, 1.54) is 5.56 Å². The average Bonchev–Trinajstić information content (AvgIpc) is 2.33. The molecule has 2 nitrogen and oxygen atoms in total. The van der Waals surface area contributed by atoms with Gasteiger partial charge in [-0.1, -0.05) is 39.7 Å². The number of aryl methyl sites for hydroxylation is 1. The van der Waals surface area contributed by atoms with Gasteiger partial charge in [-0.2, -0.15) is 0 Å². The van der Waals surface area contributed by atoms with Crippen LogP contribution in [0.3, 0.4) is 0 Å². The summed E-state index contributed by atoms with van der Waals surface area (Å²) in [7, 11) is 0. The van der Waals surface area contributed by atoms with Crippen molar-refractivity contribution in [2.24, 2.45) is 5.73 Å². The van der Waals surface area contributed by atoms with Gasteiger partial charge in [0.25, 0.3) is 0 Å². The summed E-state index contributed by atoms with van der Waals surface area (Å²) in [5.74, 6) is 0. The number of halogens is 1. The fourth-order valence-corrected chi connectivity index (χ4v) is 2.34. The van der Waals surface area contributed by atoms with Gasteiger partial charge in [-0.25, -0.2) is 0 Å². The second-order valence-corrected chi connectivity index (χ2v) is 5.01. The summed E-state index contributed by atoms with van der Waals surface area (Å²) < 4.78 is 1.06. The van der Waals surface area contributed by atoms with Crippen molar-refractivity contribution in [3.05, 3.63) is 63.9 Å². The van der Waals surface area contributed by atoms with Gasteiger partial charge in [-0.15, -0.1) is 0 Å². The summed E-state index contributed by atoms with van der Waals surface area (Å²) in [5, 5.41) is 0. The Morgan fingerprint density at radius 2 is 2.12 bits per heavy atom. The van der Waals surface area contributed by atoms with Gasteiger partial charge in [0.1, 0.15) is 0 Å². The Balaban J connectivity index is 2.20. The van der Waals surface area contributed by atoms with Crippen LogP contribution in [0.1, 0.15) is 22.9 Å². The van der Waals surface area contributed by atoms with Crippen LogP contribution in [0.25, 0.3) is 0 Å². The highest BCUT2D eigenvalue weighted by molar-refractivity contribution is 9.10. The minimum absolute atomic E-state index is 0.0285. The molecule has 1 aromatic carbocycles. The zero-order valence-corrected chi connectivity index (χ0v) is 11.3. The van der Waals surface area contributed by atoms with Gasteiger partial charge in [-0.3, -0.25) is 4.98 Å². The van der Waals surface area contributed by atoms with Crippen molar-refractivity contribution < 1.29 is 0 Å². The maximum Gasteiger partial charge on any atom is 0.0422 e. The van der Waals surface area contributed by atoms with Crippen molar-refractivity contribution in [2.75, 3.05) is 0 Å². The lowest BCUT2D eigenvalue weighted by atomic mass is 10.0. The molecule has 1 atom stereocenters. The quantitative estimate of drug-likeness (QED) is 0.941. The number of rotatable bonds is 3. The third-order valence-corrected chi connectivity index (χ3v) is 3.43. The van der Waals surface area contributed by atoms with Gasteiger partial charge in [-0.05, 0) is 30.7 Å². The van der Waals surface area contributed by atoms with Gasteiger partial charge < -0.3 is 5.73 Å². The predicted octanol–water partition coefficient (Wildman–Crippen LogP) is 3.40. The summed E-state index contributed by atoms with van der Waals surface area (Å²) in [4.78, 5) is 4.30. The summed E-state index contributed by atoms with van der Waals surface area (Å²) in [6, 6.07) is 12.1. The Bertz CT molecular complexity index is 497. The lowest BCUT2D eigenvalue weighted by Gasteiger charge is -2.14. The highest BCUT2D eigenvalue weighted by Crippen LogP contribution is 2.25. The Labute approximate surface area is 110 Å². The Morgan fingerprint density at radius 3 is 2.82 bits per heavy atom. The number of benzene rings is 1. The fraction of sp³-hybridized carbons (Fsp3) is 0.214. The second kappa shape index (κ2) is 5.43. The van der Waals surface area contributed by atoms with Crippen LogP contribution in [0, 0.1) is 6.92 Å². The van der Waals surface area contributed by atoms with Crippen molar-refractivity contribution in [1.29, 1.82) is 0 Å². The van der Waals surface area contributed by atoms with E-state index in [-0.39, 0.29) is 6.04 Å². The van der Waals surface area contributed by atoms with Gasteiger partial charge in [0, 0.05) is 28.8 Å². The normalized spacial score (nSPS) is 12.4. The molecular weight excluding hydrogens is 276 g/mol. The third kappa shape index (κ3) is 3.14. The van der Waals surface area contributed by atoms with Crippen molar-refractivity contribution in [3.8, 4) is 0 Å². The standard InChI is InChI=1S/C14H15BrN2/c1-10-5-6-13(15)12(8-10)14(16)9-11-4-2-3-7-17-11/h2-8,14H,9,16H2,1H3. The molecule has 0 spiro atoms. The van der Waals surface area contributed by atoms with E-state index >= 15 is 0 Å². The molecule has 0 bridgehead atoms. The van der Waals surface area contributed by atoms with Crippen molar-refractivity contribution in [2.45, 2.75) is 19.4 Å². The van der Waals surface area contributed by atoms with Crippen LogP contribution in [0.4, 0.5) is 0 Å². The number of hydrogen-bond donors (Lipinski definition) is 1. The summed E-state index contributed by atoms with van der Waals surface area (Å²) in [6.45, 7) is 2.07. The largest absolute Gasteiger partial charge is 0.324 e. The molecule has 1 heterocycles. The molecule has 0 aliphatic rings. The molecule has 0 aliphatic carbocycles. The number of hydrogen-bond acceptors (Lipinski definition) is 2. The lowest BCUT2D eigenvalue weighted by Crippen LogP contribution is -2.14. The fourth-order valence-electron chi connectivity index (χ4n) is 1.80. The van der Waals surface area contributed by atoms with Gasteiger partial charge in [0.05, 0.1) is 0 Å². The van der Waals surface area contributed by atoms with Gasteiger partial charge in [0.2, 0.25) is 0 Å². The molecule has 0 radical (unpaired) electrons. The molecule has 2 rings (SSSR count). The van der Waals surface area contributed by atoms with Crippen LogP contribution in [0.15, 0.2) is 47.1 Å². The number of pyridine rings is 1. The molecule has 1 unspecified atom stereocenters. The number of aromatic nitrogens is 1. The molecule has 2 N–H and O–H groups in total. The van der Waals surface area contributed by atoms with E-state index < -0.39 is 0 Å². The average molecular weight is 291 g/mol. The van der Waals surface area contributed by atoms with E-state index in [9.17, 15) is 0 Å². The molecule has 3 heteroatoms. The van der Waals surface area contributed by atoms with Crippen LogP contribution in [-0.4, -0.2) is 4.98 Å². The molecule has 2 aromatic rings. The first-order valence-corrected chi connectivity index (χ1v) is 6.37. The van der Waals surface area contributed by atoms with Gasteiger partial charge >= 0.3 is 0 Å². The number of nitrogens with two attached hydrogens (primary N) is 1. The zero-order chi connectivity index (χ0) is 12.3. The van der Waals surface area contributed by atoms with Crippen LogP contribution in [0.2, 0.25) is 0 Å². The topological polar surface area (TPSA) is 38.9 Å². The summed E-state index contributed by atoms with van der Waals surface area (Å²) in [5.41, 5.74) is 9.61. The Morgan fingerprint density at radius 1 is 1.29 bits per heavy atom. The molecule has 88 valence electrons. The number of nitrogens with zero attached hydrogens (tertiary/aromatic N) is 1. The Hall–Kier alpha value is -1.19. The monoisotopic (exact) mass is 290 g/mol. The summed E-state index contributed by atoms with van der Waals surface area (Å²) in [6.07, 6.45) is 2.55. The zero-order valence-electron chi connectivity index (χ0n) is 9.73. The van der Waals surface area contributed by atoms with Crippen LogP contribution in [0.5, 0.6) is 0 Å². The van der Waals surface area contributed by atoms with Crippen molar-refractivity contribution in [3.63, 3.8) is 0 Å². The first-order valence-electron chi connectivity index (χ1n) is 5.58. The van der Waals surface area contributed by atoms with Crippen LogP contribution < -0.4 is 5.73 Å². The molecule has 0 amide bonds. The molecule has 0 saturated heterocycles. The van der Waals surface area contributed by atoms with E-state index in [0.717, 1.165) is 22.2 Å². The first kappa shape index (κ1) is 12.3.